The number of nitrogens with zero attached hydrogens (tertiary/aromatic N) is 1. The summed E-state index contributed by atoms with van der Waals surface area (Å²) in [6.45, 7) is 3.34. The molecule has 0 saturated carbocycles. The Bertz CT molecular complexity index is 1120. The molecule has 0 spiro atoms. The van der Waals surface area contributed by atoms with Crippen molar-refractivity contribution in [2.45, 2.75) is 20.4 Å². The second-order valence-corrected chi connectivity index (χ2v) is 8.43. The van der Waals surface area contributed by atoms with E-state index in [1.54, 1.807) is 19.1 Å². The molecule has 4 nitrogen and oxygen atoms in total. The van der Waals surface area contributed by atoms with Gasteiger partial charge in [-0.05, 0) is 72.2 Å². The molecule has 0 aromatic heterocycles. The first-order chi connectivity index (χ1) is 14.8. The zero-order valence-corrected chi connectivity index (χ0v) is 18.5. The van der Waals surface area contributed by atoms with E-state index in [9.17, 15) is 18.8 Å². The van der Waals surface area contributed by atoms with Gasteiger partial charge < -0.3 is 0 Å². The molecule has 1 heterocycles. The van der Waals surface area contributed by atoms with Crippen LogP contribution in [0, 0.1) is 5.82 Å². The summed E-state index contributed by atoms with van der Waals surface area (Å²) in [7, 11) is 0. The normalized spacial score (nSPS) is 16.4. The molecule has 0 atom stereocenters. The van der Waals surface area contributed by atoms with Crippen molar-refractivity contribution in [3.63, 3.8) is 0 Å². The first kappa shape index (κ1) is 22.7. The van der Waals surface area contributed by atoms with Crippen LogP contribution >= 0.6 is 23.4 Å². The van der Waals surface area contributed by atoms with Gasteiger partial charge in [-0.2, -0.15) is 0 Å². The molecule has 0 unspecified atom stereocenters. The first-order valence-electron chi connectivity index (χ1n) is 9.38. The van der Waals surface area contributed by atoms with Crippen LogP contribution in [0.2, 0.25) is 5.02 Å². The van der Waals surface area contributed by atoms with Gasteiger partial charge in [0.15, 0.2) is 0 Å². The van der Waals surface area contributed by atoms with Crippen molar-refractivity contribution < 1.29 is 18.8 Å². The quantitative estimate of drug-likeness (QED) is 0.381. The van der Waals surface area contributed by atoms with Gasteiger partial charge in [0, 0.05) is 10.6 Å². The number of rotatable bonds is 6. The highest BCUT2D eigenvalue weighted by Gasteiger charge is 2.35. The van der Waals surface area contributed by atoms with E-state index in [-0.39, 0.29) is 22.0 Å². The van der Waals surface area contributed by atoms with Crippen LogP contribution in [-0.4, -0.2) is 22.3 Å². The first-order valence-corrected chi connectivity index (χ1v) is 10.6. The third kappa shape index (κ3) is 5.60. The lowest BCUT2D eigenvalue weighted by Crippen LogP contribution is -2.28. The highest BCUT2D eigenvalue weighted by Crippen LogP contribution is 2.34. The topological polar surface area (TPSA) is 54.5 Å². The van der Waals surface area contributed by atoms with E-state index >= 15 is 0 Å². The molecule has 2 amide bonds. The third-order valence-electron chi connectivity index (χ3n) is 4.52. The second kappa shape index (κ2) is 9.90. The molecule has 31 heavy (non-hydrogen) atoms. The van der Waals surface area contributed by atoms with Gasteiger partial charge in [-0.25, -0.2) is 4.39 Å². The summed E-state index contributed by atoms with van der Waals surface area (Å²) in [5.74, 6) is -1.04. The minimum Gasteiger partial charge on any atom is -0.298 e. The van der Waals surface area contributed by atoms with E-state index in [2.05, 4.69) is 0 Å². The van der Waals surface area contributed by atoms with E-state index in [0.29, 0.717) is 5.57 Å². The van der Waals surface area contributed by atoms with Crippen molar-refractivity contribution in [2.75, 3.05) is 0 Å². The Hall–Kier alpha value is -2.96. The van der Waals surface area contributed by atoms with Crippen molar-refractivity contribution in [3.8, 4) is 0 Å². The van der Waals surface area contributed by atoms with Crippen LogP contribution in [0.1, 0.15) is 30.5 Å². The SMILES string of the molecule is C/C(C=O)=C\c1ccc(/C=C(C)/C=C2\SC(=O)N(Cc3c(F)cccc3Cl)C2=O)cc1. The van der Waals surface area contributed by atoms with E-state index in [1.165, 1.54) is 18.2 Å². The summed E-state index contributed by atoms with van der Waals surface area (Å²) < 4.78 is 14.0. The van der Waals surface area contributed by atoms with E-state index < -0.39 is 17.0 Å². The number of carbonyl (C=O) groups is 3. The Labute approximate surface area is 189 Å². The summed E-state index contributed by atoms with van der Waals surface area (Å²) in [6.07, 6.45) is 6.09. The van der Waals surface area contributed by atoms with E-state index in [1.807, 2.05) is 37.3 Å². The van der Waals surface area contributed by atoms with Gasteiger partial charge in [0.1, 0.15) is 12.1 Å². The number of amides is 2. The smallest absolute Gasteiger partial charge is 0.293 e. The summed E-state index contributed by atoms with van der Waals surface area (Å²) in [5.41, 5.74) is 3.34. The van der Waals surface area contributed by atoms with Gasteiger partial charge in [-0.3, -0.25) is 19.3 Å². The largest absolute Gasteiger partial charge is 0.298 e. The fraction of sp³-hybridized carbons (Fsp3) is 0.125. The maximum absolute atomic E-state index is 14.0. The number of allylic oxidation sites excluding steroid dienone is 3. The molecule has 1 aliphatic rings. The van der Waals surface area contributed by atoms with Crippen LogP contribution in [-0.2, 0) is 16.1 Å². The lowest BCUT2D eigenvalue weighted by molar-refractivity contribution is -0.123. The molecular weight excluding hydrogens is 437 g/mol. The zero-order valence-electron chi connectivity index (χ0n) is 16.9. The molecule has 0 aliphatic carbocycles. The van der Waals surface area contributed by atoms with Crippen LogP contribution < -0.4 is 0 Å². The number of thioether (sulfide) groups is 1. The van der Waals surface area contributed by atoms with Crippen LogP contribution in [0.4, 0.5) is 9.18 Å². The van der Waals surface area contributed by atoms with E-state index in [0.717, 1.165) is 39.6 Å². The Morgan fingerprint density at radius 2 is 1.65 bits per heavy atom. The minimum atomic E-state index is -0.562. The average Bonchev–Trinajstić information content (AvgIpc) is 2.99. The number of hydrogen-bond donors (Lipinski definition) is 0. The van der Waals surface area contributed by atoms with Crippen LogP contribution in [0.5, 0.6) is 0 Å². The Kier molecular flexibility index (Phi) is 7.25. The number of halogens is 2. The molecule has 0 bridgehead atoms. The summed E-state index contributed by atoms with van der Waals surface area (Å²) >= 11 is 6.84. The monoisotopic (exact) mass is 455 g/mol. The fourth-order valence-electron chi connectivity index (χ4n) is 2.97. The van der Waals surface area contributed by atoms with Crippen molar-refractivity contribution in [3.05, 3.63) is 92.1 Å². The fourth-order valence-corrected chi connectivity index (χ4v) is 4.09. The molecule has 0 radical (unpaired) electrons. The Morgan fingerprint density at radius 1 is 1.03 bits per heavy atom. The maximum atomic E-state index is 14.0. The molecular formula is C24H19ClFNO3S. The Balaban J connectivity index is 1.76. The van der Waals surface area contributed by atoms with Crippen molar-refractivity contribution in [2.24, 2.45) is 0 Å². The van der Waals surface area contributed by atoms with Crippen molar-refractivity contribution >= 4 is 52.9 Å². The lowest BCUT2D eigenvalue weighted by atomic mass is 10.1. The third-order valence-corrected chi connectivity index (χ3v) is 5.78. The van der Waals surface area contributed by atoms with Crippen LogP contribution in [0.15, 0.2) is 64.6 Å². The highest BCUT2D eigenvalue weighted by atomic mass is 35.5. The van der Waals surface area contributed by atoms with E-state index in [4.69, 9.17) is 11.6 Å². The second-order valence-electron chi connectivity index (χ2n) is 7.03. The number of carbonyl (C=O) groups excluding carboxylic acids is 3. The van der Waals surface area contributed by atoms with Gasteiger partial charge in [0.05, 0.1) is 11.4 Å². The predicted octanol–water partition coefficient (Wildman–Crippen LogP) is 6.26. The maximum Gasteiger partial charge on any atom is 0.293 e. The number of aldehydes is 1. The molecule has 2 aromatic carbocycles. The molecule has 1 saturated heterocycles. The van der Waals surface area contributed by atoms with Gasteiger partial charge in [0.25, 0.3) is 11.1 Å². The zero-order chi connectivity index (χ0) is 22.5. The molecule has 7 heteroatoms. The number of benzene rings is 2. The average molecular weight is 456 g/mol. The summed E-state index contributed by atoms with van der Waals surface area (Å²) in [5, 5.41) is -0.300. The molecule has 1 fully saturated rings. The summed E-state index contributed by atoms with van der Waals surface area (Å²) in [4.78, 5) is 37.0. The highest BCUT2D eigenvalue weighted by molar-refractivity contribution is 8.18. The predicted molar refractivity (Wildman–Crippen MR) is 123 cm³/mol. The summed E-state index contributed by atoms with van der Waals surface area (Å²) in [6, 6.07) is 11.8. The molecule has 3 rings (SSSR count). The van der Waals surface area contributed by atoms with Gasteiger partial charge in [0.2, 0.25) is 0 Å². The Morgan fingerprint density at radius 3 is 2.23 bits per heavy atom. The minimum absolute atomic E-state index is 0.110. The standard InChI is InChI=1S/C24H19ClFNO3S/c1-15(10-17-6-8-18(9-7-17)11-16(2)14-28)12-22-23(29)27(24(30)31-22)13-19-20(25)4-3-5-21(19)26/h3-12,14H,13H2,1-2H3/b15-10+,16-11+,22-12-. The van der Waals surface area contributed by atoms with Crippen molar-refractivity contribution in [1.29, 1.82) is 0 Å². The van der Waals surface area contributed by atoms with Crippen LogP contribution in [0.25, 0.3) is 12.2 Å². The molecule has 158 valence electrons. The molecule has 0 N–H and O–H groups in total. The van der Waals surface area contributed by atoms with Gasteiger partial charge in [-0.15, -0.1) is 0 Å². The number of imide groups is 1. The van der Waals surface area contributed by atoms with Gasteiger partial charge >= 0.3 is 0 Å². The number of hydrogen-bond acceptors (Lipinski definition) is 4. The lowest BCUT2D eigenvalue weighted by Gasteiger charge is -2.14. The van der Waals surface area contributed by atoms with Crippen molar-refractivity contribution in [1.82, 2.24) is 4.90 Å². The molecule has 1 aliphatic heterocycles. The molecule has 2 aromatic rings. The van der Waals surface area contributed by atoms with Crippen LogP contribution in [0.3, 0.4) is 0 Å². The van der Waals surface area contributed by atoms with Gasteiger partial charge in [-0.1, -0.05) is 48.0 Å².